The van der Waals surface area contributed by atoms with E-state index in [1.807, 2.05) is 6.07 Å². The summed E-state index contributed by atoms with van der Waals surface area (Å²) in [5.74, 6) is -0.208. The summed E-state index contributed by atoms with van der Waals surface area (Å²) in [7, 11) is 0. The zero-order chi connectivity index (χ0) is 16.9. The standard InChI is InChI=1S/C18H19NO5/c1-13-7-8-15(23-13)18(21)24-16(14-5-3-2-4-6-14)17(20)19-9-11-22-12-10-19/h2-8,16H,9-12H2,1H3. The van der Waals surface area contributed by atoms with Crippen LogP contribution in [0.15, 0.2) is 46.9 Å². The summed E-state index contributed by atoms with van der Waals surface area (Å²) in [5, 5.41) is 0. The normalized spacial score (nSPS) is 15.8. The minimum atomic E-state index is -0.998. The molecule has 0 spiro atoms. The summed E-state index contributed by atoms with van der Waals surface area (Å²) in [5.41, 5.74) is 0.630. The first-order chi connectivity index (χ1) is 11.6. The van der Waals surface area contributed by atoms with Crippen LogP contribution in [0.5, 0.6) is 0 Å². The summed E-state index contributed by atoms with van der Waals surface area (Å²) in [4.78, 5) is 26.8. The van der Waals surface area contributed by atoms with E-state index in [9.17, 15) is 9.59 Å². The van der Waals surface area contributed by atoms with Gasteiger partial charge in [-0.3, -0.25) is 4.79 Å². The molecule has 1 saturated heterocycles. The van der Waals surface area contributed by atoms with E-state index < -0.39 is 12.1 Å². The fourth-order valence-corrected chi connectivity index (χ4v) is 2.55. The summed E-state index contributed by atoms with van der Waals surface area (Å²) in [6.07, 6.45) is -0.998. The SMILES string of the molecule is Cc1ccc(C(=O)OC(C(=O)N2CCOCC2)c2ccccc2)o1. The maximum absolute atomic E-state index is 12.8. The van der Waals surface area contributed by atoms with Crippen LogP contribution in [0.3, 0.4) is 0 Å². The molecule has 1 aliphatic heterocycles. The second kappa shape index (κ2) is 7.31. The van der Waals surface area contributed by atoms with E-state index in [4.69, 9.17) is 13.9 Å². The van der Waals surface area contributed by atoms with Crippen LogP contribution in [0.4, 0.5) is 0 Å². The second-order valence-electron chi connectivity index (χ2n) is 5.54. The lowest BCUT2D eigenvalue weighted by Crippen LogP contribution is -2.44. The van der Waals surface area contributed by atoms with E-state index in [0.717, 1.165) is 0 Å². The number of ether oxygens (including phenoxy) is 2. The molecule has 126 valence electrons. The Morgan fingerprint density at radius 2 is 1.79 bits per heavy atom. The Morgan fingerprint density at radius 3 is 2.42 bits per heavy atom. The van der Waals surface area contributed by atoms with Gasteiger partial charge in [-0.1, -0.05) is 30.3 Å². The van der Waals surface area contributed by atoms with E-state index in [1.54, 1.807) is 48.2 Å². The maximum Gasteiger partial charge on any atom is 0.375 e. The monoisotopic (exact) mass is 329 g/mol. The molecule has 1 aliphatic rings. The Hall–Kier alpha value is -2.60. The fraction of sp³-hybridized carbons (Fsp3) is 0.333. The van der Waals surface area contributed by atoms with Gasteiger partial charge < -0.3 is 18.8 Å². The molecule has 1 amide bonds. The summed E-state index contributed by atoms with van der Waals surface area (Å²) >= 11 is 0. The van der Waals surface area contributed by atoms with Gasteiger partial charge >= 0.3 is 5.97 Å². The van der Waals surface area contributed by atoms with Crippen LogP contribution in [-0.4, -0.2) is 43.1 Å². The predicted molar refractivity (Wildman–Crippen MR) is 85.4 cm³/mol. The van der Waals surface area contributed by atoms with Gasteiger partial charge in [0.1, 0.15) is 5.76 Å². The highest BCUT2D eigenvalue weighted by atomic mass is 16.6. The van der Waals surface area contributed by atoms with Crippen molar-refractivity contribution in [1.82, 2.24) is 4.90 Å². The number of benzene rings is 1. The molecule has 0 bridgehead atoms. The van der Waals surface area contributed by atoms with Gasteiger partial charge in [0.25, 0.3) is 5.91 Å². The zero-order valence-electron chi connectivity index (χ0n) is 13.4. The minimum absolute atomic E-state index is 0.0863. The Bertz CT molecular complexity index is 703. The average Bonchev–Trinajstić information content (AvgIpc) is 3.07. The Balaban J connectivity index is 1.82. The van der Waals surface area contributed by atoms with E-state index in [1.165, 1.54) is 0 Å². The van der Waals surface area contributed by atoms with Crippen molar-refractivity contribution < 1.29 is 23.5 Å². The lowest BCUT2D eigenvalue weighted by atomic mass is 10.1. The quantitative estimate of drug-likeness (QED) is 0.805. The van der Waals surface area contributed by atoms with Crippen molar-refractivity contribution in [2.75, 3.05) is 26.3 Å². The van der Waals surface area contributed by atoms with Gasteiger partial charge in [0, 0.05) is 18.7 Å². The number of carbonyl (C=O) groups is 2. The van der Waals surface area contributed by atoms with Crippen molar-refractivity contribution >= 4 is 11.9 Å². The van der Waals surface area contributed by atoms with E-state index in [2.05, 4.69) is 0 Å². The molecule has 24 heavy (non-hydrogen) atoms. The molecule has 2 heterocycles. The molecule has 1 atom stereocenters. The lowest BCUT2D eigenvalue weighted by molar-refractivity contribution is -0.145. The molecule has 1 unspecified atom stereocenters. The zero-order valence-corrected chi connectivity index (χ0v) is 13.4. The van der Waals surface area contributed by atoms with Crippen molar-refractivity contribution in [2.24, 2.45) is 0 Å². The lowest BCUT2D eigenvalue weighted by Gasteiger charge is -2.30. The first kappa shape index (κ1) is 16.3. The Labute approximate surface area is 140 Å². The second-order valence-corrected chi connectivity index (χ2v) is 5.54. The van der Waals surface area contributed by atoms with Crippen molar-refractivity contribution in [3.8, 4) is 0 Å². The number of aryl methyl sites for hydroxylation is 1. The third kappa shape index (κ3) is 3.65. The largest absolute Gasteiger partial charge is 0.454 e. The van der Waals surface area contributed by atoms with E-state index in [0.29, 0.717) is 37.6 Å². The van der Waals surface area contributed by atoms with E-state index >= 15 is 0 Å². The predicted octanol–water partition coefficient (Wildman–Crippen LogP) is 2.34. The number of nitrogens with zero attached hydrogens (tertiary/aromatic N) is 1. The van der Waals surface area contributed by atoms with Crippen LogP contribution in [0.2, 0.25) is 0 Å². The molecule has 0 N–H and O–H groups in total. The van der Waals surface area contributed by atoms with Gasteiger partial charge in [-0.25, -0.2) is 4.79 Å². The van der Waals surface area contributed by atoms with Crippen LogP contribution in [-0.2, 0) is 14.3 Å². The molecule has 1 aromatic carbocycles. The first-order valence-corrected chi connectivity index (χ1v) is 7.84. The third-order valence-corrected chi connectivity index (χ3v) is 3.82. The van der Waals surface area contributed by atoms with Gasteiger partial charge in [-0.2, -0.15) is 0 Å². The van der Waals surface area contributed by atoms with Crippen molar-refractivity contribution in [3.05, 3.63) is 59.5 Å². The van der Waals surface area contributed by atoms with Crippen molar-refractivity contribution in [3.63, 3.8) is 0 Å². The summed E-state index contributed by atoms with van der Waals surface area (Å²) < 4.78 is 16.0. The number of esters is 1. The summed E-state index contributed by atoms with van der Waals surface area (Å²) in [6.45, 7) is 3.68. The van der Waals surface area contributed by atoms with Crippen molar-refractivity contribution in [2.45, 2.75) is 13.0 Å². The van der Waals surface area contributed by atoms with Crippen LogP contribution < -0.4 is 0 Å². The highest BCUT2D eigenvalue weighted by Gasteiger charge is 2.31. The topological polar surface area (TPSA) is 69.0 Å². The van der Waals surface area contributed by atoms with Crippen LogP contribution in [0.25, 0.3) is 0 Å². The molecule has 0 saturated carbocycles. The number of rotatable bonds is 4. The van der Waals surface area contributed by atoms with Gasteiger partial charge in [0.2, 0.25) is 11.9 Å². The number of carbonyl (C=O) groups excluding carboxylic acids is 2. The molecule has 3 rings (SSSR count). The molecule has 0 radical (unpaired) electrons. The molecule has 0 aliphatic carbocycles. The molecule has 6 nitrogen and oxygen atoms in total. The van der Waals surface area contributed by atoms with Crippen LogP contribution in [0, 0.1) is 6.92 Å². The molecule has 1 aromatic heterocycles. The van der Waals surface area contributed by atoms with Crippen LogP contribution >= 0.6 is 0 Å². The smallest absolute Gasteiger partial charge is 0.375 e. The maximum atomic E-state index is 12.8. The van der Waals surface area contributed by atoms with Crippen molar-refractivity contribution in [1.29, 1.82) is 0 Å². The van der Waals surface area contributed by atoms with Crippen LogP contribution in [0.1, 0.15) is 28.0 Å². The highest BCUT2D eigenvalue weighted by molar-refractivity contribution is 5.90. The molecule has 2 aromatic rings. The van der Waals surface area contributed by atoms with Gasteiger partial charge in [-0.15, -0.1) is 0 Å². The number of furan rings is 1. The Morgan fingerprint density at radius 1 is 1.08 bits per heavy atom. The molecular formula is C18H19NO5. The molecule has 1 fully saturated rings. The first-order valence-electron chi connectivity index (χ1n) is 7.84. The molecule has 6 heteroatoms. The number of hydrogen-bond acceptors (Lipinski definition) is 5. The molecular weight excluding hydrogens is 310 g/mol. The number of amides is 1. The van der Waals surface area contributed by atoms with Gasteiger partial charge in [0.05, 0.1) is 13.2 Å². The number of morpholine rings is 1. The minimum Gasteiger partial charge on any atom is -0.454 e. The van der Waals surface area contributed by atoms with Gasteiger partial charge in [0.15, 0.2) is 0 Å². The Kier molecular flexibility index (Phi) is 4.96. The third-order valence-electron chi connectivity index (χ3n) is 3.82. The number of hydrogen-bond donors (Lipinski definition) is 0. The van der Waals surface area contributed by atoms with Gasteiger partial charge in [-0.05, 0) is 19.1 Å². The summed E-state index contributed by atoms with van der Waals surface area (Å²) in [6, 6.07) is 12.2. The fourth-order valence-electron chi connectivity index (χ4n) is 2.55. The van der Waals surface area contributed by atoms with E-state index in [-0.39, 0.29) is 11.7 Å². The average molecular weight is 329 g/mol. The highest BCUT2D eigenvalue weighted by Crippen LogP contribution is 2.23.